The van der Waals surface area contributed by atoms with Crippen molar-refractivity contribution in [2.75, 3.05) is 20.3 Å². The summed E-state index contributed by atoms with van der Waals surface area (Å²) in [6.07, 6.45) is 2.45. The lowest BCUT2D eigenvalue weighted by Crippen LogP contribution is -2.47. The van der Waals surface area contributed by atoms with Crippen LogP contribution in [0, 0.1) is 11.8 Å². The van der Waals surface area contributed by atoms with Crippen LogP contribution in [0.3, 0.4) is 0 Å². The Morgan fingerprint density at radius 2 is 2.16 bits per heavy atom. The molecule has 2 unspecified atom stereocenters. The van der Waals surface area contributed by atoms with E-state index in [0.29, 0.717) is 19.6 Å². The lowest BCUT2D eigenvalue weighted by Gasteiger charge is -2.24. The molecule has 6 heteroatoms. The van der Waals surface area contributed by atoms with Crippen LogP contribution in [0.25, 0.3) is 0 Å². The van der Waals surface area contributed by atoms with Gasteiger partial charge >= 0.3 is 5.97 Å². The molecule has 2 aliphatic rings. The normalized spacial score (nSPS) is 32.2. The van der Waals surface area contributed by atoms with E-state index in [9.17, 15) is 9.59 Å². The molecule has 0 aromatic rings. The summed E-state index contributed by atoms with van der Waals surface area (Å²) in [5.41, 5.74) is 0. The van der Waals surface area contributed by atoms with Crippen LogP contribution in [-0.2, 0) is 19.1 Å². The highest BCUT2D eigenvalue weighted by molar-refractivity contribution is 5.82. The topological polar surface area (TPSA) is 84.9 Å². The monoisotopic (exact) mass is 271 g/mol. The Kier molecular flexibility index (Phi) is 4.76. The van der Waals surface area contributed by atoms with Crippen molar-refractivity contribution in [2.24, 2.45) is 11.8 Å². The van der Waals surface area contributed by atoms with Crippen molar-refractivity contribution >= 4 is 11.9 Å². The number of hydrogen-bond donors (Lipinski definition) is 2. The number of hydrogen-bond acceptors (Lipinski definition) is 4. The molecule has 4 atom stereocenters. The van der Waals surface area contributed by atoms with E-state index in [1.54, 1.807) is 0 Å². The minimum absolute atomic E-state index is 0.0645. The van der Waals surface area contributed by atoms with Crippen molar-refractivity contribution in [1.82, 2.24) is 5.32 Å². The summed E-state index contributed by atoms with van der Waals surface area (Å²) in [7, 11) is 1.51. The number of methoxy groups -OCH3 is 1. The van der Waals surface area contributed by atoms with Crippen LogP contribution in [0.2, 0.25) is 0 Å². The summed E-state index contributed by atoms with van der Waals surface area (Å²) in [6.45, 7) is 1.18. The number of nitrogens with one attached hydrogen (secondary N) is 1. The second kappa shape index (κ2) is 6.34. The zero-order valence-electron chi connectivity index (χ0n) is 11.1. The van der Waals surface area contributed by atoms with Crippen LogP contribution in [-0.4, -0.2) is 49.5 Å². The Morgan fingerprint density at radius 3 is 2.74 bits per heavy atom. The fourth-order valence-electron chi connectivity index (χ4n) is 3.00. The molecule has 108 valence electrons. The minimum Gasteiger partial charge on any atom is -0.481 e. The van der Waals surface area contributed by atoms with E-state index in [-0.39, 0.29) is 17.9 Å². The van der Waals surface area contributed by atoms with Gasteiger partial charge in [-0.1, -0.05) is 6.42 Å². The average molecular weight is 271 g/mol. The van der Waals surface area contributed by atoms with Crippen molar-refractivity contribution in [1.29, 1.82) is 0 Å². The molecule has 2 N–H and O–H groups in total. The van der Waals surface area contributed by atoms with E-state index in [0.717, 1.165) is 19.3 Å². The number of ether oxygens (including phenoxy) is 2. The van der Waals surface area contributed by atoms with E-state index >= 15 is 0 Å². The standard InChI is InChI=1S/C13H21NO5/c1-18-11(8-5-6-19-7-8)12(15)14-10-4-2-3-9(10)13(16)17/h8-11H,2-7H2,1H3,(H,14,15)(H,16,17)/t8?,9-,10+,11?/m0/s1. The predicted molar refractivity (Wildman–Crippen MR) is 66.6 cm³/mol. The lowest BCUT2D eigenvalue weighted by atomic mass is 9.99. The lowest BCUT2D eigenvalue weighted by molar-refractivity contribution is -0.143. The van der Waals surface area contributed by atoms with Gasteiger partial charge in [0.05, 0.1) is 12.5 Å². The second-order valence-electron chi connectivity index (χ2n) is 5.27. The molecule has 0 bridgehead atoms. The first-order chi connectivity index (χ1) is 9.13. The zero-order valence-corrected chi connectivity index (χ0v) is 11.1. The number of amides is 1. The Balaban J connectivity index is 1.93. The Morgan fingerprint density at radius 1 is 1.37 bits per heavy atom. The molecule has 1 saturated carbocycles. The quantitative estimate of drug-likeness (QED) is 0.756. The zero-order chi connectivity index (χ0) is 13.8. The van der Waals surface area contributed by atoms with Crippen molar-refractivity contribution in [3.63, 3.8) is 0 Å². The van der Waals surface area contributed by atoms with Crippen molar-refractivity contribution < 1.29 is 24.2 Å². The van der Waals surface area contributed by atoms with Crippen LogP contribution in [0.15, 0.2) is 0 Å². The van der Waals surface area contributed by atoms with Crippen LogP contribution < -0.4 is 5.32 Å². The number of carboxylic acid groups (broad SMARTS) is 1. The van der Waals surface area contributed by atoms with E-state index in [4.69, 9.17) is 14.6 Å². The summed E-state index contributed by atoms with van der Waals surface area (Å²) in [6, 6.07) is -0.273. The SMILES string of the molecule is COC(C(=O)N[C@@H]1CCC[C@@H]1C(=O)O)C1CCOC1. The first-order valence-electron chi connectivity index (χ1n) is 6.77. The predicted octanol–water partition coefficient (Wildman–Crippen LogP) is 0.407. The number of carbonyl (C=O) groups excluding carboxylic acids is 1. The van der Waals surface area contributed by atoms with Crippen molar-refractivity contribution in [3.05, 3.63) is 0 Å². The fraction of sp³-hybridized carbons (Fsp3) is 0.846. The van der Waals surface area contributed by atoms with Gasteiger partial charge in [0, 0.05) is 25.7 Å². The van der Waals surface area contributed by atoms with Gasteiger partial charge in [0.15, 0.2) is 0 Å². The van der Waals surface area contributed by atoms with Gasteiger partial charge in [-0.25, -0.2) is 0 Å². The molecule has 0 spiro atoms. The maximum Gasteiger partial charge on any atom is 0.308 e. The van der Waals surface area contributed by atoms with Gasteiger partial charge in [0.25, 0.3) is 0 Å². The molecule has 19 heavy (non-hydrogen) atoms. The van der Waals surface area contributed by atoms with Crippen molar-refractivity contribution in [2.45, 2.75) is 37.8 Å². The minimum atomic E-state index is -0.832. The number of aliphatic carboxylic acids is 1. The summed E-state index contributed by atoms with van der Waals surface area (Å²) >= 11 is 0. The Bertz CT molecular complexity index is 340. The van der Waals surface area contributed by atoms with Gasteiger partial charge in [-0.05, 0) is 19.3 Å². The Hall–Kier alpha value is -1.14. The summed E-state index contributed by atoms with van der Waals surface area (Å²) in [4.78, 5) is 23.3. The van der Waals surface area contributed by atoms with Gasteiger partial charge in [-0.15, -0.1) is 0 Å². The maximum absolute atomic E-state index is 12.2. The molecule has 1 saturated heterocycles. The molecule has 1 aliphatic heterocycles. The smallest absolute Gasteiger partial charge is 0.308 e. The van der Waals surface area contributed by atoms with Crippen LogP contribution in [0.5, 0.6) is 0 Å². The van der Waals surface area contributed by atoms with Crippen LogP contribution in [0.1, 0.15) is 25.7 Å². The molecule has 2 fully saturated rings. The van der Waals surface area contributed by atoms with Gasteiger partial charge < -0.3 is 19.9 Å². The molecular weight excluding hydrogens is 250 g/mol. The third-order valence-corrected chi connectivity index (χ3v) is 4.07. The van der Waals surface area contributed by atoms with Crippen LogP contribution >= 0.6 is 0 Å². The molecule has 0 aromatic heterocycles. The second-order valence-corrected chi connectivity index (χ2v) is 5.27. The van der Waals surface area contributed by atoms with Crippen molar-refractivity contribution in [3.8, 4) is 0 Å². The molecule has 6 nitrogen and oxygen atoms in total. The third-order valence-electron chi connectivity index (χ3n) is 4.07. The van der Waals surface area contributed by atoms with E-state index < -0.39 is 18.0 Å². The highest BCUT2D eigenvalue weighted by Crippen LogP contribution is 2.27. The average Bonchev–Trinajstić information content (AvgIpc) is 3.00. The first kappa shape index (κ1) is 14.3. The van der Waals surface area contributed by atoms with Gasteiger partial charge in [-0.2, -0.15) is 0 Å². The molecule has 1 aliphatic carbocycles. The molecule has 1 amide bonds. The molecular formula is C13H21NO5. The third kappa shape index (κ3) is 3.25. The number of rotatable bonds is 5. The van der Waals surface area contributed by atoms with Crippen LogP contribution in [0.4, 0.5) is 0 Å². The molecule has 0 radical (unpaired) electrons. The van der Waals surface area contributed by atoms with E-state index in [1.165, 1.54) is 7.11 Å². The highest BCUT2D eigenvalue weighted by Gasteiger charge is 2.37. The fourth-order valence-corrected chi connectivity index (χ4v) is 3.00. The van der Waals surface area contributed by atoms with Gasteiger partial charge in [0.1, 0.15) is 6.10 Å². The number of carboxylic acids is 1. The van der Waals surface area contributed by atoms with E-state index in [1.807, 2.05) is 0 Å². The Labute approximate surface area is 112 Å². The highest BCUT2D eigenvalue weighted by atomic mass is 16.5. The van der Waals surface area contributed by atoms with E-state index in [2.05, 4.69) is 5.32 Å². The largest absolute Gasteiger partial charge is 0.481 e. The molecule has 0 aromatic carbocycles. The summed E-state index contributed by atoms with van der Waals surface area (Å²) in [5.74, 6) is -1.45. The maximum atomic E-state index is 12.2. The first-order valence-corrected chi connectivity index (χ1v) is 6.77. The molecule has 1 heterocycles. The van der Waals surface area contributed by atoms with Gasteiger partial charge in [-0.3, -0.25) is 9.59 Å². The van der Waals surface area contributed by atoms with Gasteiger partial charge in [0.2, 0.25) is 5.91 Å². The summed E-state index contributed by atoms with van der Waals surface area (Å²) < 4.78 is 10.5. The number of carbonyl (C=O) groups is 2. The summed E-state index contributed by atoms with van der Waals surface area (Å²) in [5, 5.41) is 11.9. The molecule has 2 rings (SSSR count).